The molecule has 3 nitrogen and oxygen atoms in total. The van der Waals surface area contributed by atoms with E-state index in [0.29, 0.717) is 24.1 Å². The van der Waals surface area contributed by atoms with Crippen molar-refractivity contribution in [3.8, 4) is 0 Å². The number of amides is 1. The Morgan fingerprint density at radius 3 is 2.48 bits per heavy atom. The molecule has 2 aliphatic rings. The maximum Gasteiger partial charge on any atom is 0.410 e. The number of hydrogen-bond donors (Lipinski definition) is 0. The molecule has 1 amide bonds. The molecule has 1 unspecified atom stereocenters. The number of hydrogen-bond acceptors (Lipinski definition) is 2. The van der Waals surface area contributed by atoms with Gasteiger partial charge < -0.3 is 9.64 Å². The molecule has 1 atom stereocenters. The third-order valence-corrected chi connectivity index (χ3v) is 7.23. The summed E-state index contributed by atoms with van der Waals surface area (Å²) < 4.78 is 5.58. The zero-order valence-corrected chi connectivity index (χ0v) is 18.3. The molecule has 3 rings (SSSR count). The van der Waals surface area contributed by atoms with Crippen molar-refractivity contribution in [2.24, 2.45) is 10.8 Å². The molecule has 2 aliphatic heterocycles. The van der Waals surface area contributed by atoms with Gasteiger partial charge in [-0.1, -0.05) is 70.4 Å². The minimum atomic E-state index is -0.445. The highest BCUT2D eigenvalue weighted by atomic mass is 16.6. The van der Waals surface area contributed by atoms with Crippen LogP contribution < -0.4 is 5.46 Å². The van der Waals surface area contributed by atoms with Crippen LogP contribution in [-0.2, 0) is 17.7 Å². The molecule has 1 saturated heterocycles. The summed E-state index contributed by atoms with van der Waals surface area (Å²) in [5.41, 5.74) is 4.45. The molecule has 0 saturated carbocycles. The average Bonchev–Trinajstić information content (AvgIpc) is 2.82. The summed E-state index contributed by atoms with van der Waals surface area (Å²) in [4.78, 5) is 14.3. The van der Waals surface area contributed by atoms with Crippen molar-refractivity contribution < 1.29 is 9.53 Å². The van der Waals surface area contributed by atoms with Gasteiger partial charge in [0.1, 0.15) is 5.60 Å². The maximum atomic E-state index is 12.5. The van der Waals surface area contributed by atoms with E-state index in [-0.39, 0.29) is 6.09 Å². The molecule has 27 heavy (non-hydrogen) atoms. The summed E-state index contributed by atoms with van der Waals surface area (Å²) in [6.45, 7) is 17.4. The first-order chi connectivity index (χ1) is 12.4. The Kier molecular flexibility index (Phi) is 5.16. The quantitative estimate of drug-likeness (QED) is 0.676. The van der Waals surface area contributed by atoms with E-state index in [1.807, 2.05) is 25.7 Å². The maximum absolute atomic E-state index is 12.5. The number of rotatable bonds is 2. The van der Waals surface area contributed by atoms with Gasteiger partial charge in [0.05, 0.1) is 0 Å². The molecule has 1 aromatic carbocycles. The predicted molar refractivity (Wildman–Crippen MR) is 114 cm³/mol. The first kappa shape index (κ1) is 20.3. The summed E-state index contributed by atoms with van der Waals surface area (Å²) in [6.07, 6.45) is 4.45. The van der Waals surface area contributed by atoms with Crippen LogP contribution in [0.3, 0.4) is 0 Å². The summed E-state index contributed by atoms with van der Waals surface area (Å²) in [5.74, 6) is 0. The fourth-order valence-electron chi connectivity index (χ4n) is 4.93. The fraction of sp³-hybridized carbons (Fsp3) is 0.696. The predicted octanol–water partition coefficient (Wildman–Crippen LogP) is 5.14. The summed E-state index contributed by atoms with van der Waals surface area (Å²) >= 11 is 0. The summed E-state index contributed by atoms with van der Waals surface area (Å²) in [5, 5.41) is 0. The topological polar surface area (TPSA) is 29.5 Å². The molecule has 148 valence electrons. The number of carbonyl (C=O) groups is 1. The monoisotopic (exact) mass is 369 g/mol. The van der Waals surface area contributed by atoms with Crippen LogP contribution in [0.4, 0.5) is 4.79 Å². The Balaban J connectivity index is 1.78. The van der Waals surface area contributed by atoms with Gasteiger partial charge in [0.2, 0.25) is 0 Å². The Morgan fingerprint density at radius 2 is 1.89 bits per heavy atom. The van der Waals surface area contributed by atoms with Crippen LogP contribution in [0.2, 0.25) is 12.6 Å². The van der Waals surface area contributed by atoms with E-state index >= 15 is 0 Å². The second kappa shape index (κ2) is 6.86. The van der Waals surface area contributed by atoms with Crippen molar-refractivity contribution in [3.63, 3.8) is 0 Å². The number of fused-ring (bicyclic) bond motifs is 1. The minimum absolute atomic E-state index is 0.195. The Morgan fingerprint density at radius 1 is 1.19 bits per heavy atom. The Hall–Kier alpha value is -1.45. The number of carbonyl (C=O) groups excluding carboxylic acids is 1. The zero-order chi connectivity index (χ0) is 20.0. The van der Waals surface area contributed by atoms with Crippen LogP contribution in [-0.4, -0.2) is 29.9 Å². The summed E-state index contributed by atoms with van der Waals surface area (Å²) in [6, 6.07) is 7.00. The van der Waals surface area contributed by atoms with Gasteiger partial charge in [0.15, 0.2) is 6.71 Å². The molecule has 0 spiro atoms. The highest BCUT2D eigenvalue weighted by Crippen LogP contribution is 2.54. The van der Waals surface area contributed by atoms with Crippen molar-refractivity contribution >= 4 is 18.3 Å². The number of benzene rings is 1. The SMILES string of the molecule is CCC1(C)CB(c2ccc3c(c2)CN(C(=O)OC(C)(C)C)CC3)CC1(C)C. The standard InChI is InChI=1S/C23H36BNO2/c1-8-23(7)16-24(15-22(23,5)6)19-10-9-17-11-12-25(14-18(17)13-19)20(26)27-21(2,3)4/h9-10,13H,8,11-12,14-16H2,1-7H3. The number of ether oxygens (including phenoxy) is 1. The lowest BCUT2D eigenvalue weighted by molar-refractivity contribution is 0.0224. The van der Waals surface area contributed by atoms with Crippen molar-refractivity contribution in [2.45, 2.75) is 86.1 Å². The molecule has 0 N–H and O–H groups in total. The fourth-order valence-corrected chi connectivity index (χ4v) is 4.93. The third-order valence-electron chi connectivity index (χ3n) is 7.23. The molecule has 1 fully saturated rings. The van der Waals surface area contributed by atoms with Crippen molar-refractivity contribution in [1.29, 1.82) is 0 Å². The molecule has 0 aromatic heterocycles. The smallest absolute Gasteiger partial charge is 0.410 e. The first-order valence-electron chi connectivity index (χ1n) is 10.5. The highest BCUT2D eigenvalue weighted by Gasteiger charge is 2.49. The highest BCUT2D eigenvalue weighted by molar-refractivity contribution is 6.74. The van der Waals surface area contributed by atoms with Gasteiger partial charge in [-0.15, -0.1) is 0 Å². The van der Waals surface area contributed by atoms with Crippen LogP contribution in [0.25, 0.3) is 0 Å². The molecule has 0 bridgehead atoms. The molecular weight excluding hydrogens is 333 g/mol. The summed E-state index contributed by atoms with van der Waals surface area (Å²) in [7, 11) is 0. The van der Waals surface area contributed by atoms with E-state index in [2.05, 4.69) is 45.9 Å². The number of nitrogens with zero attached hydrogens (tertiary/aromatic N) is 1. The Bertz CT molecular complexity index is 722. The second-order valence-corrected chi connectivity index (χ2v) is 10.6. The van der Waals surface area contributed by atoms with Gasteiger partial charge in [-0.3, -0.25) is 0 Å². The van der Waals surface area contributed by atoms with Gasteiger partial charge in [-0.05, 0) is 49.1 Å². The largest absolute Gasteiger partial charge is 0.444 e. The van der Waals surface area contributed by atoms with Crippen LogP contribution in [0.5, 0.6) is 0 Å². The molecule has 4 heteroatoms. The molecule has 0 radical (unpaired) electrons. The van der Waals surface area contributed by atoms with Gasteiger partial charge in [0, 0.05) is 13.1 Å². The van der Waals surface area contributed by atoms with E-state index in [9.17, 15) is 4.79 Å². The third kappa shape index (κ3) is 4.05. The van der Waals surface area contributed by atoms with Gasteiger partial charge in [-0.25, -0.2) is 4.79 Å². The lowest BCUT2D eigenvalue weighted by Gasteiger charge is -2.38. The van der Waals surface area contributed by atoms with Crippen LogP contribution in [0, 0.1) is 10.8 Å². The van der Waals surface area contributed by atoms with E-state index in [4.69, 9.17) is 4.74 Å². The van der Waals surface area contributed by atoms with Crippen molar-refractivity contribution in [3.05, 3.63) is 29.3 Å². The average molecular weight is 369 g/mol. The van der Waals surface area contributed by atoms with E-state index in [0.717, 1.165) is 13.0 Å². The van der Waals surface area contributed by atoms with Gasteiger partial charge >= 0.3 is 6.09 Å². The molecule has 2 heterocycles. The van der Waals surface area contributed by atoms with Crippen LogP contribution >= 0.6 is 0 Å². The van der Waals surface area contributed by atoms with Crippen molar-refractivity contribution in [2.75, 3.05) is 6.54 Å². The van der Waals surface area contributed by atoms with E-state index < -0.39 is 5.60 Å². The minimum Gasteiger partial charge on any atom is -0.444 e. The lowest BCUT2D eigenvalue weighted by atomic mass is 9.42. The van der Waals surface area contributed by atoms with E-state index in [1.165, 1.54) is 35.7 Å². The van der Waals surface area contributed by atoms with Gasteiger partial charge in [0.25, 0.3) is 0 Å². The van der Waals surface area contributed by atoms with Gasteiger partial charge in [-0.2, -0.15) is 0 Å². The Labute approximate surface area is 165 Å². The molecule has 0 aliphatic carbocycles. The normalized spacial score (nSPS) is 24.7. The van der Waals surface area contributed by atoms with E-state index in [1.54, 1.807) is 0 Å². The lowest BCUT2D eigenvalue weighted by Crippen LogP contribution is -2.40. The van der Waals surface area contributed by atoms with Crippen molar-refractivity contribution in [1.82, 2.24) is 4.90 Å². The first-order valence-corrected chi connectivity index (χ1v) is 10.5. The molecular formula is C23H36BNO2. The zero-order valence-electron chi connectivity index (χ0n) is 18.3. The van der Waals surface area contributed by atoms with Crippen LogP contribution in [0.1, 0.15) is 66.0 Å². The van der Waals surface area contributed by atoms with Crippen LogP contribution in [0.15, 0.2) is 18.2 Å². The molecule has 1 aromatic rings. The second-order valence-electron chi connectivity index (χ2n) is 10.6.